The molecule has 0 aliphatic heterocycles. The lowest BCUT2D eigenvalue weighted by Crippen LogP contribution is -2.37. The summed E-state index contributed by atoms with van der Waals surface area (Å²) in [6, 6.07) is 12.9. The number of nitrogens with two attached hydrogens (primary N) is 1. The molecule has 2 aromatic rings. The van der Waals surface area contributed by atoms with E-state index in [1.54, 1.807) is 18.2 Å². The molecular formula is C19H22ClFN2O. The largest absolute Gasteiger partial charge is 0.453 e. The molecule has 0 amide bonds. The molecular weight excluding hydrogens is 327 g/mol. The first-order chi connectivity index (χ1) is 11.6. The van der Waals surface area contributed by atoms with E-state index in [9.17, 15) is 4.39 Å². The Kier molecular flexibility index (Phi) is 5.72. The Labute approximate surface area is 147 Å². The first kappa shape index (κ1) is 17.2. The minimum absolute atomic E-state index is 0.0767. The van der Waals surface area contributed by atoms with Crippen LogP contribution in [0.5, 0.6) is 11.5 Å². The van der Waals surface area contributed by atoms with Crippen LogP contribution in [0.25, 0.3) is 0 Å². The second-order valence-corrected chi connectivity index (χ2v) is 6.64. The topological polar surface area (TPSA) is 47.3 Å². The summed E-state index contributed by atoms with van der Waals surface area (Å²) in [4.78, 5) is 0. The Bertz CT molecular complexity index is 673. The maximum absolute atomic E-state index is 14.1. The van der Waals surface area contributed by atoms with Gasteiger partial charge in [-0.25, -0.2) is 4.39 Å². The average Bonchev–Trinajstić information content (AvgIpc) is 2.60. The van der Waals surface area contributed by atoms with Crippen LogP contribution in [0.2, 0.25) is 5.02 Å². The monoisotopic (exact) mass is 348 g/mol. The van der Waals surface area contributed by atoms with Crippen LogP contribution in [0, 0.1) is 5.82 Å². The third-order valence-corrected chi connectivity index (χ3v) is 4.86. The Morgan fingerprint density at radius 2 is 1.79 bits per heavy atom. The molecule has 1 saturated carbocycles. The molecule has 0 saturated heterocycles. The summed E-state index contributed by atoms with van der Waals surface area (Å²) < 4.78 is 19.7. The number of benzene rings is 2. The molecule has 1 fully saturated rings. The van der Waals surface area contributed by atoms with Gasteiger partial charge >= 0.3 is 0 Å². The van der Waals surface area contributed by atoms with Crippen molar-refractivity contribution >= 4 is 11.6 Å². The molecule has 5 heteroatoms. The molecule has 0 radical (unpaired) electrons. The maximum Gasteiger partial charge on any atom is 0.181 e. The Morgan fingerprint density at radius 1 is 1.08 bits per heavy atom. The molecule has 0 aromatic heterocycles. The van der Waals surface area contributed by atoms with E-state index in [2.05, 4.69) is 5.32 Å². The zero-order valence-electron chi connectivity index (χ0n) is 13.5. The summed E-state index contributed by atoms with van der Waals surface area (Å²) in [7, 11) is 0. The highest BCUT2D eigenvalue weighted by Gasteiger charge is 2.19. The fourth-order valence-corrected chi connectivity index (χ4v) is 3.25. The van der Waals surface area contributed by atoms with Gasteiger partial charge < -0.3 is 15.8 Å². The predicted octanol–water partition coefficient (Wildman–Crippen LogP) is 4.63. The molecule has 128 valence electrons. The molecule has 1 aliphatic carbocycles. The zero-order valence-corrected chi connectivity index (χ0v) is 14.2. The zero-order chi connectivity index (χ0) is 16.9. The number of rotatable bonds is 5. The van der Waals surface area contributed by atoms with E-state index >= 15 is 0 Å². The predicted molar refractivity (Wildman–Crippen MR) is 95.0 cm³/mol. The van der Waals surface area contributed by atoms with E-state index in [1.807, 2.05) is 18.2 Å². The second kappa shape index (κ2) is 7.97. The van der Waals surface area contributed by atoms with Crippen molar-refractivity contribution in [3.63, 3.8) is 0 Å². The fraction of sp³-hybridized carbons (Fsp3) is 0.368. The van der Waals surface area contributed by atoms with Crippen molar-refractivity contribution in [2.24, 2.45) is 5.73 Å². The summed E-state index contributed by atoms with van der Waals surface area (Å²) in [5.74, 6) is 0.175. The molecule has 0 bridgehead atoms. The summed E-state index contributed by atoms with van der Waals surface area (Å²) in [6.07, 6.45) is 4.20. The second-order valence-electron chi connectivity index (χ2n) is 6.26. The van der Waals surface area contributed by atoms with Crippen LogP contribution in [-0.2, 0) is 6.54 Å². The van der Waals surface area contributed by atoms with Gasteiger partial charge in [0.1, 0.15) is 5.75 Å². The minimum atomic E-state index is -0.462. The lowest BCUT2D eigenvalue weighted by atomic mass is 9.92. The van der Waals surface area contributed by atoms with Crippen molar-refractivity contribution in [2.45, 2.75) is 44.3 Å². The normalized spacial score (nSPS) is 20.8. The van der Waals surface area contributed by atoms with E-state index in [0.717, 1.165) is 31.2 Å². The van der Waals surface area contributed by atoms with Crippen LogP contribution < -0.4 is 15.8 Å². The van der Waals surface area contributed by atoms with Crippen LogP contribution in [0.15, 0.2) is 42.5 Å². The van der Waals surface area contributed by atoms with E-state index in [4.69, 9.17) is 22.1 Å². The van der Waals surface area contributed by atoms with Crippen molar-refractivity contribution in [2.75, 3.05) is 0 Å². The lowest BCUT2D eigenvalue weighted by Gasteiger charge is -2.27. The Morgan fingerprint density at radius 3 is 2.50 bits per heavy atom. The van der Waals surface area contributed by atoms with Crippen molar-refractivity contribution in [1.82, 2.24) is 5.32 Å². The average molecular weight is 349 g/mol. The van der Waals surface area contributed by atoms with Gasteiger partial charge in [-0.3, -0.25) is 0 Å². The Hall–Kier alpha value is -1.62. The molecule has 0 unspecified atom stereocenters. The SMILES string of the molecule is NC1CCC(NCc2ccc(F)c(Oc3ccccc3)c2Cl)CC1. The molecule has 2 aromatic carbocycles. The maximum atomic E-state index is 14.1. The summed E-state index contributed by atoms with van der Waals surface area (Å²) >= 11 is 6.38. The highest BCUT2D eigenvalue weighted by Crippen LogP contribution is 2.35. The molecule has 1 aliphatic rings. The molecule has 3 nitrogen and oxygen atoms in total. The number of hydrogen-bond acceptors (Lipinski definition) is 3. The highest BCUT2D eigenvalue weighted by atomic mass is 35.5. The number of ether oxygens (including phenoxy) is 1. The van der Waals surface area contributed by atoms with Gasteiger partial charge in [0.05, 0.1) is 5.02 Å². The molecule has 0 atom stereocenters. The van der Waals surface area contributed by atoms with Gasteiger partial charge in [-0.2, -0.15) is 0 Å². The van der Waals surface area contributed by atoms with Crippen LogP contribution in [0.3, 0.4) is 0 Å². The van der Waals surface area contributed by atoms with Gasteiger partial charge in [-0.05, 0) is 49.4 Å². The third-order valence-electron chi connectivity index (χ3n) is 4.45. The van der Waals surface area contributed by atoms with Crippen molar-refractivity contribution < 1.29 is 9.13 Å². The fourth-order valence-electron chi connectivity index (χ4n) is 2.99. The number of halogens is 2. The van der Waals surface area contributed by atoms with Gasteiger partial charge in [-0.1, -0.05) is 35.9 Å². The smallest absolute Gasteiger partial charge is 0.181 e. The number of para-hydroxylation sites is 1. The molecule has 24 heavy (non-hydrogen) atoms. The van der Waals surface area contributed by atoms with E-state index in [-0.39, 0.29) is 5.75 Å². The van der Waals surface area contributed by atoms with Gasteiger partial charge in [0.25, 0.3) is 0 Å². The molecule has 3 rings (SSSR count). The van der Waals surface area contributed by atoms with Gasteiger partial charge in [-0.15, -0.1) is 0 Å². The van der Waals surface area contributed by atoms with E-state index in [0.29, 0.717) is 29.4 Å². The lowest BCUT2D eigenvalue weighted by molar-refractivity contribution is 0.341. The molecule has 0 spiro atoms. The van der Waals surface area contributed by atoms with Gasteiger partial charge in [0, 0.05) is 18.6 Å². The quantitative estimate of drug-likeness (QED) is 0.828. The van der Waals surface area contributed by atoms with E-state index in [1.165, 1.54) is 6.07 Å². The number of nitrogens with one attached hydrogen (secondary N) is 1. The Balaban J connectivity index is 1.69. The third kappa shape index (κ3) is 4.26. The first-order valence-electron chi connectivity index (χ1n) is 8.32. The van der Waals surface area contributed by atoms with Crippen LogP contribution in [0.1, 0.15) is 31.2 Å². The van der Waals surface area contributed by atoms with Crippen LogP contribution in [-0.4, -0.2) is 12.1 Å². The van der Waals surface area contributed by atoms with Gasteiger partial charge in [0.15, 0.2) is 11.6 Å². The van der Waals surface area contributed by atoms with E-state index < -0.39 is 5.82 Å². The van der Waals surface area contributed by atoms with Crippen molar-refractivity contribution in [1.29, 1.82) is 0 Å². The first-order valence-corrected chi connectivity index (χ1v) is 8.70. The summed E-state index contributed by atoms with van der Waals surface area (Å²) in [5, 5.41) is 3.81. The standard InChI is InChI=1S/C19H22ClFN2O/c20-18-13(12-23-15-9-7-14(22)8-10-15)6-11-17(21)19(18)24-16-4-2-1-3-5-16/h1-6,11,14-15,23H,7-10,12,22H2. The van der Waals surface area contributed by atoms with Crippen molar-refractivity contribution in [3.8, 4) is 11.5 Å². The summed E-state index contributed by atoms with van der Waals surface area (Å²) in [6.45, 7) is 0.587. The minimum Gasteiger partial charge on any atom is -0.453 e. The summed E-state index contributed by atoms with van der Waals surface area (Å²) in [5.41, 5.74) is 6.76. The van der Waals surface area contributed by atoms with Gasteiger partial charge in [0.2, 0.25) is 0 Å². The molecule has 0 heterocycles. The van der Waals surface area contributed by atoms with Crippen LogP contribution >= 0.6 is 11.6 Å². The number of hydrogen-bond donors (Lipinski definition) is 2. The molecule has 3 N–H and O–H groups in total. The highest BCUT2D eigenvalue weighted by molar-refractivity contribution is 6.32. The van der Waals surface area contributed by atoms with Crippen molar-refractivity contribution in [3.05, 3.63) is 58.9 Å². The van der Waals surface area contributed by atoms with Crippen LogP contribution in [0.4, 0.5) is 4.39 Å².